The van der Waals surface area contributed by atoms with Gasteiger partial charge in [-0.2, -0.15) is 5.26 Å². The molecule has 7 nitrogen and oxygen atoms in total. The minimum Gasteiger partial charge on any atom is -0.508 e. The lowest BCUT2D eigenvalue weighted by molar-refractivity contribution is -0.125. The molecule has 1 fully saturated rings. The van der Waals surface area contributed by atoms with E-state index in [9.17, 15) is 14.7 Å². The first-order valence-electron chi connectivity index (χ1n) is 6.87. The number of aromatic hydroxyl groups is 2. The van der Waals surface area contributed by atoms with Crippen molar-refractivity contribution in [1.82, 2.24) is 5.32 Å². The van der Waals surface area contributed by atoms with E-state index in [0.717, 1.165) is 18.9 Å². The molecule has 0 spiro atoms. The summed E-state index contributed by atoms with van der Waals surface area (Å²) in [7, 11) is 0. The molecule has 1 aromatic carbocycles. The summed E-state index contributed by atoms with van der Waals surface area (Å²) < 4.78 is 4.81. The van der Waals surface area contributed by atoms with Crippen molar-refractivity contribution in [2.45, 2.75) is 31.2 Å². The highest BCUT2D eigenvalue weighted by molar-refractivity contribution is 5.94. The third-order valence-corrected chi connectivity index (χ3v) is 3.59. The highest BCUT2D eigenvalue weighted by Crippen LogP contribution is 2.28. The van der Waals surface area contributed by atoms with E-state index in [1.807, 2.05) is 0 Å². The number of esters is 1. The average molecular weight is 304 g/mol. The summed E-state index contributed by atoms with van der Waals surface area (Å²) in [6, 6.07) is 5.52. The summed E-state index contributed by atoms with van der Waals surface area (Å²) in [6.07, 6.45) is 2.91. The molecule has 1 saturated carbocycles. The molecule has 1 aromatic rings. The number of carbonyl (C=O) groups excluding carboxylic acids is 2. The third kappa shape index (κ3) is 3.47. The van der Waals surface area contributed by atoms with Crippen molar-refractivity contribution >= 4 is 11.9 Å². The summed E-state index contributed by atoms with van der Waals surface area (Å²) in [5.41, 5.74) is -1.02. The Morgan fingerprint density at radius 1 is 1.32 bits per heavy atom. The maximum Gasteiger partial charge on any atom is 0.342 e. The van der Waals surface area contributed by atoms with E-state index in [0.29, 0.717) is 12.8 Å². The van der Waals surface area contributed by atoms with Crippen LogP contribution in [-0.4, -0.2) is 34.2 Å². The molecule has 7 heteroatoms. The molecule has 2 rings (SSSR count). The van der Waals surface area contributed by atoms with Crippen LogP contribution in [0.5, 0.6) is 11.5 Å². The summed E-state index contributed by atoms with van der Waals surface area (Å²) >= 11 is 0. The van der Waals surface area contributed by atoms with Gasteiger partial charge in [0, 0.05) is 6.07 Å². The van der Waals surface area contributed by atoms with Crippen LogP contribution in [0.4, 0.5) is 0 Å². The highest BCUT2D eigenvalue weighted by Gasteiger charge is 2.35. The molecule has 0 aliphatic heterocycles. The number of phenols is 2. The molecule has 0 unspecified atom stereocenters. The first kappa shape index (κ1) is 15.6. The second-order valence-corrected chi connectivity index (χ2v) is 5.23. The van der Waals surface area contributed by atoms with Crippen LogP contribution in [-0.2, 0) is 9.53 Å². The largest absolute Gasteiger partial charge is 0.508 e. The van der Waals surface area contributed by atoms with Gasteiger partial charge >= 0.3 is 5.97 Å². The zero-order chi connectivity index (χ0) is 16.2. The monoisotopic (exact) mass is 304 g/mol. The van der Waals surface area contributed by atoms with Gasteiger partial charge < -0.3 is 20.3 Å². The normalized spacial score (nSPS) is 15.8. The molecule has 0 heterocycles. The molecule has 0 bridgehead atoms. The Labute approximate surface area is 127 Å². The number of nitriles is 1. The van der Waals surface area contributed by atoms with Gasteiger partial charge in [-0.25, -0.2) is 4.79 Å². The van der Waals surface area contributed by atoms with Crippen molar-refractivity contribution in [3.63, 3.8) is 0 Å². The van der Waals surface area contributed by atoms with E-state index in [-0.39, 0.29) is 11.3 Å². The van der Waals surface area contributed by atoms with Gasteiger partial charge in [0.15, 0.2) is 6.61 Å². The second-order valence-electron chi connectivity index (χ2n) is 5.23. The van der Waals surface area contributed by atoms with Gasteiger partial charge in [-0.3, -0.25) is 4.79 Å². The Balaban J connectivity index is 1.91. The minimum atomic E-state index is -0.884. The van der Waals surface area contributed by atoms with Crippen LogP contribution in [0.3, 0.4) is 0 Å². The van der Waals surface area contributed by atoms with Crippen molar-refractivity contribution < 1.29 is 24.5 Å². The standard InChI is InChI=1S/C15H16N2O5/c16-9-15(5-1-2-6-15)17-13(20)8-22-14(21)11-4-3-10(18)7-12(11)19/h3-4,7,18-19H,1-2,5-6,8H2,(H,17,20). The maximum absolute atomic E-state index is 11.8. The number of hydrogen-bond donors (Lipinski definition) is 3. The van der Waals surface area contributed by atoms with Gasteiger partial charge in [0.1, 0.15) is 22.6 Å². The van der Waals surface area contributed by atoms with Gasteiger partial charge in [-0.05, 0) is 37.8 Å². The molecule has 116 valence electrons. The van der Waals surface area contributed by atoms with Gasteiger partial charge in [-0.1, -0.05) is 0 Å². The first-order chi connectivity index (χ1) is 10.5. The lowest BCUT2D eigenvalue weighted by atomic mass is 10.00. The Morgan fingerprint density at radius 3 is 2.59 bits per heavy atom. The molecular formula is C15H16N2O5. The van der Waals surface area contributed by atoms with Gasteiger partial charge in [0.25, 0.3) is 5.91 Å². The Hall–Kier alpha value is -2.75. The first-order valence-corrected chi connectivity index (χ1v) is 6.87. The van der Waals surface area contributed by atoms with Crippen LogP contribution in [0.15, 0.2) is 18.2 Å². The van der Waals surface area contributed by atoms with Crippen molar-refractivity contribution in [2.75, 3.05) is 6.61 Å². The van der Waals surface area contributed by atoms with Crippen LogP contribution in [0.1, 0.15) is 36.0 Å². The maximum atomic E-state index is 11.8. The van der Waals surface area contributed by atoms with Crippen LogP contribution < -0.4 is 5.32 Å². The predicted octanol–water partition coefficient (Wildman–Crippen LogP) is 1.21. The number of nitrogens with one attached hydrogen (secondary N) is 1. The number of ether oxygens (including phenoxy) is 1. The minimum absolute atomic E-state index is 0.151. The van der Waals surface area contributed by atoms with Crippen LogP contribution in [0.2, 0.25) is 0 Å². The molecule has 0 atom stereocenters. The van der Waals surface area contributed by atoms with Crippen LogP contribution in [0.25, 0.3) is 0 Å². The van der Waals surface area contributed by atoms with Gasteiger partial charge in [0.05, 0.1) is 6.07 Å². The SMILES string of the molecule is N#CC1(NC(=O)COC(=O)c2ccc(O)cc2O)CCCC1. The van der Waals surface area contributed by atoms with Crippen molar-refractivity contribution in [2.24, 2.45) is 0 Å². The summed E-state index contributed by atoms with van der Waals surface area (Å²) in [4.78, 5) is 23.6. The van der Waals surface area contributed by atoms with Gasteiger partial charge in [-0.15, -0.1) is 0 Å². The number of amides is 1. The smallest absolute Gasteiger partial charge is 0.342 e. The molecule has 3 N–H and O–H groups in total. The zero-order valence-corrected chi connectivity index (χ0v) is 11.8. The Kier molecular flexibility index (Phi) is 4.51. The summed E-state index contributed by atoms with van der Waals surface area (Å²) in [5.74, 6) is -2.07. The predicted molar refractivity (Wildman–Crippen MR) is 75.0 cm³/mol. The molecule has 1 aliphatic carbocycles. The van der Waals surface area contributed by atoms with Crippen molar-refractivity contribution in [3.8, 4) is 17.6 Å². The second kappa shape index (κ2) is 6.35. The molecule has 0 aromatic heterocycles. The fourth-order valence-corrected chi connectivity index (χ4v) is 2.45. The fourth-order valence-electron chi connectivity index (χ4n) is 2.45. The number of rotatable bonds is 4. The van der Waals surface area contributed by atoms with Crippen LogP contribution in [0, 0.1) is 11.3 Å². The van der Waals surface area contributed by atoms with Gasteiger partial charge in [0.2, 0.25) is 0 Å². The summed E-state index contributed by atoms with van der Waals surface area (Å²) in [5, 5.41) is 30.4. The topological polar surface area (TPSA) is 120 Å². The van der Waals surface area contributed by atoms with E-state index in [2.05, 4.69) is 11.4 Å². The van der Waals surface area contributed by atoms with Crippen molar-refractivity contribution in [3.05, 3.63) is 23.8 Å². The molecule has 22 heavy (non-hydrogen) atoms. The molecular weight excluding hydrogens is 288 g/mol. The Morgan fingerprint density at radius 2 is 2.00 bits per heavy atom. The number of phenolic OH excluding ortho intramolecular Hbond substituents is 2. The van der Waals surface area contributed by atoms with E-state index in [4.69, 9.17) is 15.1 Å². The zero-order valence-electron chi connectivity index (χ0n) is 11.8. The number of benzene rings is 1. The Bertz CT molecular complexity index is 629. The van der Waals surface area contributed by atoms with E-state index >= 15 is 0 Å². The quantitative estimate of drug-likeness (QED) is 0.719. The molecule has 0 saturated heterocycles. The van der Waals surface area contributed by atoms with E-state index in [1.165, 1.54) is 12.1 Å². The average Bonchev–Trinajstić information content (AvgIpc) is 2.94. The molecule has 1 aliphatic rings. The van der Waals surface area contributed by atoms with E-state index < -0.39 is 29.8 Å². The lowest BCUT2D eigenvalue weighted by Gasteiger charge is -2.21. The van der Waals surface area contributed by atoms with Crippen molar-refractivity contribution in [1.29, 1.82) is 5.26 Å². The molecule has 0 radical (unpaired) electrons. The fraction of sp³-hybridized carbons (Fsp3) is 0.400. The number of hydrogen-bond acceptors (Lipinski definition) is 6. The van der Waals surface area contributed by atoms with Crippen LogP contribution >= 0.6 is 0 Å². The lowest BCUT2D eigenvalue weighted by Crippen LogP contribution is -2.46. The number of carbonyl (C=O) groups is 2. The summed E-state index contributed by atoms with van der Waals surface area (Å²) in [6.45, 7) is -0.539. The van der Waals surface area contributed by atoms with E-state index in [1.54, 1.807) is 0 Å². The third-order valence-electron chi connectivity index (χ3n) is 3.59. The highest BCUT2D eigenvalue weighted by atomic mass is 16.5. The number of nitrogens with zero attached hydrogens (tertiary/aromatic N) is 1. The molecule has 1 amide bonds.